The molecule has 2 aromatic carbocycles. The second-order valence-electron chi connectivity index (χ2n) is 4.80. The van der Waals surface area contributed by atoms with Gasteiger partial charge in [-0.1, -0.05) is 18.2 Å². The van der Waals surface area contributed by atoms with Gasteiger partial charge < -0.3 is 16.2 Å². The Labute approximate surface area is 122 Å². The van der Waals surface area contributed by atoms with Crippen molar-refractivity contribution >= 4 is 23.3 Å². The van der Waals surface area contributed by atoms with E-state index in [4.69, 9.17) is 10.8 Å². The molecule has 0 saturated heterocycles. The van der Waals surface area contributed by atoms with Gasteiger partial charge in [-0.3, -0.25) is 4.79 Å². The van der Waals surface area contributed by atoms with Crippen LogP contribution < -0.4 is 11.1 Å². The summed E-state index contributed by atoms with van der Waals surface area (Å²) in [5.74, 6) is -1.24. The smallest absolute Gasteiger partial charge is 0.335 e. The number of carboxylic acid groups (broad SMARTS) is 1. The largest absolute Gasteiger partial charge is 0.478 e. The number of aromatic carboxylic acids is 1. The number of hydrogen-bond acceptors (Lipinski definition) is 3. The minimum absolute atomic E-state index is 0.139. The van der Waals surface area contributed by atoms with Crippen molar-refractivity contribution in [3.8, 4) is 0 Å². The average Bonchev–Trinajstić information content (AvgIpc) is 2.41. The summed E-state index contributed by atoms with van der Waals surface area (Å²) in [6, 6.07) is 11.7. The first-order valence-electron chi connectivity index (χ1n) is 6.44. The van der Waals surface area contributed by atoms with Crippen LogP contribution in [0.25, 0.3) is 0 Å². The van der Waals surface area contributed by atoms with Crippen LogP contribution in [0, 0.1) is 6.92 Å². The summed E-state index contributed by atoms with van der Waals surface area (Å²) >= 11 is 0. The maximum absolute atomic E-state index is 12.0. The fraction of sp³-hybridized carbons (Fsp3) is 0.125. The third kappa shape index (κ3) is 3.82. The predicted octanol–water partition coefficient (Wildman–Crippen LogP) is 2.46. The third-order valence-electron chi connectivity index (χ3n) is 3.07. The highest BCUT2D eigenvalue weighted by molar-refractivity contribution is 5.95. The van der Waals surface area contributed by atoms with Crippen LogP contribution >= 0.6 is 0 Å². The highest BCUT2D eigenvalue weighted by atomic mass is 16.4. The van der Waals surface area contributed by atoms with E-state index in [1.165, 1.54) is 12.1 Å². The number of amides is 1. The molecule has 2 rings (SSSR count). The maximum atomic E-state index is 12.0. The van der Waals surface area contributed by atoms with Crippen molar-refractivity contribution < 1.29 is 14.7 Å². The summed E-state index contributed by atoms with van der Waals surface area (Å²) in [7, 11) is 0. The number of nitrogen functional groups attached to an aromatic ring is 1. The van der Waals surface area contributed by atoms with Crippen LogP contribution in [0.2, 0.25) is 0 Å². The number of carboxylic acids is 1. The van der Waals surface area contributed by atoms with Crippen molar-refractivity contribution in [3.63, 3.8) is 0 Å². The molecule has 0 radical (unpaired) electrons. The fourth-order valence-electron chi connectivity index (χ4n) is 1.97. The lowest BCUT2D eigenvalue weighted by Crippen LogP contribution is -2.15. The molecule has 0 aromatic heterocycles. The Morgan fingerprint density at radius 1 is 1.19 bits per heavy atom. The minimum Gasteiger partial charge on any atom is -0.478 e. The van der Waals surface area contributed by atoms with Gasteiger partial charge in [0.2, 0.25) is 5.91 Å². The average molecular weight is 284 g/mol. The lowest BCUT2D eigenvalue weighted by molar-refractivity contribution is -0.115. The van der Waals surface area contributed by atoms with E-state index in [9.17, 15) is 9.59 Å². The Hall–Kier alpha value is -2.82. The Kier molecular flexibility index (Phi) is 4.23. The molecule has 0 saturated carbocycles. The molecule has 5 nitrogen and oxygen atoms in total. The monoisotopic (exact) mass is 284 g/mol. The third-order valence-corrected chi connectivity index (χ3v) is 3.07. The van der Waals surface area contributed by atoms with Crippen LogP contribution in [0.15, 0.2) is 42.5 Å². The molecule has 5 heteroatoms. The van der Waals surface area contributed by atoms with Crippen molar-refractivity contribution in [3.05, 3.63) is 59.2 Å². The Morgan fingerprint density at radius 2 is 1.95 bits per heavy atom. The van der Waals surface area contributed by atoms with Crippen LogP contribution in [-0.2, 0) is 11.2 Å². The van der Waals surface area contributed by atoms with E-state index in [1.807, 2.05) is 13.0 Å². The predicted molar refractivity (Wildman–Crippen MR) is 81.3 cm³/mol. The van der Waals surface area contributed by atoms with Crippen LogP contribution in [0.3, 0.4) is 0 Å². The Morgan fingerprint density at radius 3 is 2.62 bits per heavy atom. The quantitative estimate of drug-likeness (QED) is 0.752. The molecule has 108 valence electrons. The zero-order chi connectivity index (χ0) is 15.4. The summed E-state index contributed by atoms with van der Waals surface area (Å²) in [6.07, 6.45) is 0.182. The number of rotatable bonds is 4. The number of anilines is 2. The molecule has 2 aromatic rings. The SMILES string of the molecule is Cc1ccc(C(=O)O)cc1NC(=O)Cc1cccc(N)c1. The fourth-order valence-corrected chi connectivity index (χ4v) is 1.97. The molecule has 1 amide bonds. The van der Waals surface area contributed by atoms with E-state index in [2.05, 4.69) is 5.32 Å². The van der Waals surface area contributed by atoms with Gasteiger partial charge in [0, 0.05) is 11.4 Å². The zero-order valence-electron chi connectivity index (χ0n) is 11.6. The lowest BCUT2D eigenvalue weighted by Gasteiger charge is -2.09. The van der Waals surface area contributed by atoms with E-state index in [-0.39, 0.29) is 17.9 Å². The van der Waals surface area contributed by atoms with Gasteiger partial charge in [0.15, 0.2) is 0 Å². The number of nitrogens with two attached hydrogens (primary N) is 1. The highest BCUT2D eigenvalue weighted by Gasteiger charge is 2.09. The number of carbonyl (C=O) groups is 2. The van der Waals surface area contributed by atoms with Gasteiger partial charge >= 0.3 is 5.97 Å². The van der Waals surface area contributed by atoms with E-state index in [0.29, 0.717) is 11.4 Å². The van der Waals surface area contributed by atoms with Crippen molar-refractivity contribution in [1.82, 2.24) is 0 Å². The number of hydrogen-bond donors (Lipinski definition) is 3. The van der Waals surface area contributed by atoms with Gasteiger partial charge in [0.1, 0.15) is 0 Å². The molecule has 0 spiro atoms. The standard InChI is InChI=1S/C16H16N2O3/c1-10-5-6-12(16(20)21)9-14(10)18-15(19)8-11-3-2-4-13(17)7-11/h2-7,9H,8,17H2,1H3,(H,18,19)(H,20,21). The molecule has 0 atom stereocenters. The Bertz CT molecular complexity index is 696. The van der Waals surface area contributed by atoms with Crippen LogP contribution in [0.1, 0.15) is 21.5 Å². The van der Waals surface area contributed by atoms with Gasteiger partial charge in [-0.15, -0.1) is 0 Å². The molecular weight excluding hydrogens is 268 g/mol. The van der Waals surface area contributed by atoms with Crippen molar-refractivity contribution in [1.29, 1.82) is 0 Å². The first-order valence-corrected chi connectivity index (χ1v) is 6.44. The highest BCUT2D eigenvalue weighted by Crippen LogP contribution is 2.17. The van der Waals surface area contributed by atoms with Crippen molar-refractivity contribution in [2.45, 2.75) is 13.3 Å². The topological polar surface area (TPSA) is 92.4 Å². The van der Waals surface area contributed by atoms with Crippen LogP contribution in [0.4, 0.5) is 11.4 Å². The molecule has 0 fully saturated rings. The number of carbonyl (C=O) groups excluding carboxylic acids is 1. The van der Waals surface area contributed by atoms with Gasteiger partial charge in [-0.2, -0.15) is 0 Å². The summed E-state index contributed by atoms with van der Waals surface area (Å²) in [5, 5.41) is 11.7. The second kappa shape index (κ2) is 6.09. The molecule has 0 aliphatic heterocycles. The number of aryl methyl sites for hydroxylation is 1. The first kappa shape index (κ1) is 14.6. The molecule has 0 aliphatic rings. The maximum Gasteiger partial charge on any atom is 0.335 e. The summed E-state index contributed by atoms with van der Waals surface area (Å²) in [4.78, 5) is 23.0. The number of benzene rings is 2. The number of nitrogens with one attached hydrogen (secondary N) is 1. The van der Waals surface area contributed by atoms with E-state index >= 15 is 0 Å². The minimum atomic E-state index is -1.03. The van der Waals surface area contributed by atoms with Crippen molar-refractivity contribution in [2.24, 2.45) is 0 Å². The zero-order valence-corrected chi connectivity index (χ0v) is 11.6. The van der Waals surface area contributed by atoms with Gasteiger partial charge in [0.05, 0.1) is 12.0 Å². The van der Waals surface area contributed by atoms with E-state index in [0.717, 1.165) is 11.1 Å². The Balaban J connectivity index is 2.12. The van der Waals surface area contributed by atoms with Crippen LogP contribution in [0.5, 0.6) is 0 Å². The van der Waals surface area contributed by atoms with E-state index in [1.54, 1.807) is 24.3 Å². The molecule has 0 aliphatic carbocycles. The molecule has 0 unspecified atom stereocenters. The summed E-state index contributed by atoms with van der Waals surface area (Å²) < 4.78 is 0. The first-order chi connectivity index (χ1) is 9.95. The molecule has 21 heavy (non-hydrogen) atoms. The molecular formula is C16H16N2O3. The van der Waals surface area contributed by atoms with Gasteiger partial charge in [-0.25, -0.2) is 4.79 Å². The van der Waals surface area contributed by atoms with Crippen molar-refractivity contribution in [2.75, 3.05) is 11.1 Å². The second-order valence-corrected chi connectivity index (χ2v) is 4.80. The van der Waals surface area contributed by atoms with Gasteiger partial charge in [-0.05, 0) is 42.3 Å². The summed E-state index contributed by atoms with van der Waals surface area (Å²) in [6.45, 7) is 1.81. The van der Waals surface area contributed by atoms with E-state index < -0.39 is 5.97 Å². The molecule has 0 bridgehead atoms. The summed E-state index contributed by atoms with van der Waals surface area (Å²) in [5.41, 5.74) is 8.52. The van der Waals surface area contributed by atoms with Crippen LogP contribution in [-0.4, -0.2) is 17.0 Å². The van der Waals surface area contributed by atoms with Gasteiger partial charge in [0.25, 0.3) is 0 Å². The molecule has 4 N–H and O–H groups in total. The normalized spacial score (nSPS) is 10.1. The molecule has 0 heterocycles. The lowest BCUT2D eigenvalue weighted by atomic mass is 10.1.